The molecule has 1 aromatic heterocycles. The highest BCUT2D eigenvalue weighted by molar-refractivity contribution is 5.46. The fourth-order valence-corrected chi connectivity index (χ4v) is 1.82. The number of nitrogen functional groups attached to an aromatic ring is 1. The SMILES string of the molecule is CC(C)(C)c1cccc(Oc2cc([N+](=O)[O-])cc(N)n2)c1. The third-order valence-electron chi connectivity index (χ3n) is 2.94. The lowest BCUT2D eigenvalue weighted by atomic mass is 9.87. The van der Waals surface area contributed by atoms with Crippen molar-refractivity contribution in [2.45, 2.75) is 26.2 Å². The molecule has 0 radical (unpaired) electrons. The number of rotatable bonds is 3. The van der Waals surface area contributed by atoms with Crippen LogP contribution >= 0.6 is 0 Å². The lowest BCUT2D eigenvalue weighted by Crippen LogP contribution is -2.10. The number of pyridine rings is 1. The Hall–Kier alpha value is -2.63. The van der Waals surface area contributed by atoms with Crippen molar-refractivity contribution in [2.24, 2.45) is 0 Å². The van der Waals surface area contributed by atoms with Gasteiger partial charge in [-0.15, -0.1) is 0 Å². The fourth-order valence-electron chi connectivity index (χ4n) is 1.82. The van der Waals surface area contributed by atoms with Gasteiger partial charge in [0, 0.05) is 0 Å². The van der Waals surface area contributed by atoms with Gasteiger partial charge in [-0.05, 0) is 23.1 Å². The summed E-state index contributed by atoms with van der Waals surface area (Å²) in [5, 5.41) is 10.8. The molecule has 0 saturated heterocycles. The van der Waals surface area contributed by atoms with Gasteiger partial charge in [0.1, 0.15) is 11.6 Å². The van der Waals surface area contributed by atoms with Gasteiger partial charge in [-0.2, -0.15) is 4.98 Å². The Morgan fingerprint density at radius 3 is 2.57 bits per heavy atom. The van der Waals surface area contributed by atoms with Crippen LogP contribution in [0.3, 0.4) is 0 Å². The molecule has 0 aliphatic rings. The second kappa shape index (κ2) is 5.40. The molecule has 2 aromatic rings. The maximum Gasteiger partial charge on any atom is 0.278 e. The largest absolute Gasteiger partial charge is 0.439 e. The van der Waals surface area contributed by atoms with Crippen molar-refractivity contribution in [1.82, 2.24) is 4.98 Å². The van der Waals surface area contributed by atoms with Crippen LogP contribution in [0.2, 0.25) is 0 Å². The Kier molecular flexibility index (Phi) is 3.80. The molecule has 110 valence electrons. The normalized spacial score (nSPS) is 11.2. The molecule has 6 heteroatoms. The Balaban J connectivity index is 2.32. The van der Waals surface area contributed by atoms with Crippen molar-refractivity contribution in [3.05, 3.63) is 52.1 Å². The number of hydrogen-bond acceptors (Lipinski definition) is 5. The number of aromatic nitrogens is 1. The van der Waals surface area contributed by atoms with E-state index in [4.69, 9.17) is 10.5 Å². The molecule has 6 nitrogen and oxygen atoms in total. The monoisotopic (exact) mass is 287 g/mol. The van der Waals surface area contributed by atoms with Gasteiger partial charge in [-0.25, -0.2) is 0 Å². The van der Waals surface area contributed by atoms with E-state index in [0.29, 0.717) is 5.75 Å². The molecule has 0 aliphatic carbocycles. The van der Waals surface area contributed by atoms with Crippen LogP contribution in [0.25, 0.3) is 0 Å². The number of ether oxygens (including phenoxy) is 1. The van der Waals surface area contributed by atoms with Gasteiger partial charge in [-0.1, -0.05) is 32.9 Å². The minimum atomic E-state index is -0.531. The van der Waals surface area contributed by atoms with Crippen LogP contribution in [0.1, 0.15) is 26.3 Å². The van der Waals surface area contributed by atoms with Gasteiger partial charge in [0.15, 0.2) is 0 Å². The predicted molar refractivity (Wildman–Crippen MR) is 80.5 cm³/mol. The molecule has 0 saturated carbocycles. The van der Waals surface area contributed by atoms with Crippen molar-refractivity contribution in [2.75, 3.05) is 5.73 Å². The van der Waals surface area contributed by atoms with Crippen LogP contribution < -0.4 is 10.5 Å². The highest BCUT2D eigenvalue weighted by Gasteiger charge is 2.15. The molecule has 0 aliphatic heterocycles. The number of nitrogens with zero attached hydrogens (tertiary/aromatic N) is 2. The zero-order valence-corrected chi connectivity index (χ0v) is 12.2. The molecule has 1 heterocycles. The average molecular weight is 287 g/mol. The van der Waals surface area contributed by atoms with Crippen molar-refractivity contribution in [3.8, 4) is 11.6 Å². The molecule has 0 atom stereocenters. The Bertz CT molecular complexity index is 678. The van der Waals surface area contributed by atoms with Crippen molar-refractivity contribution < 1.29 is 9.66 Å². The van der Waals surface area contributed by atoms with E-state index in [1.165, 1.54) is 12.1 Å². The van der Waals surface area contributed by atoms with Gasteiger partial charge in [0.05, 0.1) is 17.1 Å². The zero-order chi connectivity index (χ0) is 15.6. The Morgan fingerprint density at radius 1 is 1.24 bits per heavy atom. The third kappa shape index (κ3) is 3.68. The summed E-state index contributed by atoms with van der Waals surface area (Å²) in [5.74, 6) is 0.716. The van der Waals surface area contributed by atoms with E-state index in [-0.39, 0.29) is 22.8 Å². The smallest absolute Gasteiger partial charge is 0.278 e. The zero-order valence-electron chi connectivity index (χ0n) is 12.2. The maximum atomic E-state index is 10.8. The summed E-state index contributed by atoms with van der Waals surface area (Å²) in [7, 11) is 0. The van der Waals surface area contributed by atoms with E-state index < -0.39 is 4.92 Å². The number of hydrogen-bond donors (Lipinski definition) is 1. The minimum Gasteiger partial charge on any atom is -0.439 e. The molecule has 0 fully saturated rings. The van der Waals surface area contributed by atoms with E-state index in [1.807, 2.05) is 18.2 Å². The maximum absolute atomic E-state index is 10.8. The average Bonchev–Trinajstić information content (AvgIpc) is 2.37. The number of benzene rings is 1. The van der Waals surface area contributed by atoms with Crippen LogP contribution in [0, 0.1) is 10.1 Å². The summed E-state index contributed by atoms with van der Waals surface area (Å²) in [5.41, 5.74) is 6.48. The lowest BCUT2D eigenvalue weighted by Gasteiger charge is -2.19. The van der Waals surface area contributed by atoms with Crippen LogP contribution in [0.4, 0.5) is 11.5 Å². The summed E-state index contributed by atoms with van der Waals surface area (Å²) < 4.78 is 5.59. The standard InChI is InChI=1S/C15H17N3O3/c1-15(2,3)10-5-4-6-12(7-10)21-14-9-11(18(19)20)8-13(16)17-14/h4-9H,1-3H3,(H2,16,17). The van der Waals surface area contributed by atoms with E-state index in [2.05, 4.69) is 25.8 Å². The Morgan fingerprint density at radius 2 is 1.95 bits per heavy atom. The summed E-state index contributed by atoms with van der Waals surface area (Å²) in [6, 6.07) is 9.97. The first kappa shape index (κ1) is 14.8. The third-order valence-corrected chi connectivity index (χ3v) is 2.94. The van der Waals surface area contributed by atoms with E-state index in [0.717, 1.165) is 5.56 Å². The molecule has 21 heavy (non-hydrogen) atoms. The summed E-state index contributed by atoms with van der Waals surface area (Å²) in [6.07, 6.45) is 0. The van der Waals surface area contributed by atoms with Gasteiger partial charge in [0.25, 0.3) is 5.69 Å². The topological polar surface area (TPSA) is 91.3 Å². The fraction of sp³-hybridized carbons (Fsp3) is 0.267. The lowest BCUT2D eigenvalue weighted by molar-refractivity contribution is -0.384. The molecular formula is C15H17N3O3. The second-order valence-corrected chi connectivity index (χ2v) is 5.73. The van der Waals surface area contributed by atoms with Gasteiger partial charge >= 0.3 is 0 Å². The van der Waals surface area contributed by atoms with Crippen molar-refractivity contribution in [3.63, 3.8) is 0 Å². The molecule has 1 aromatic carbocycles. The molecule has 0 unspecified atom stereocenters. The molecule has 0 amide bonds. The molecular weight excluding hydrogens is 270 g/mol. The Labute approximate surface area is 122 Å². The summed E-state index contributed by atoms with van der Waals surface area (Å²) in [4.78, 5) is 14.2. The highest BCUT2D eigenvalue weighted by Crippen LogP contribution is 2.29. The molecule has 2 N–H and O–H groups in total. The van der Waals surface area contributed by atoms with Crippen LogP contribution in [0.15, 0.2) is 36.4 Å². The van der Waals surface area contributed by atoms with Crippen LogP contribution in [-0.2, 0) is 5.41 Å². The van der Waals surface area contributed by atoms with Gasteiger partial charge in [-0.3, -0.25) is 10.1 Å². The number of nitro groups is 1. The van der Waals surface area contributed by atoms with Crippen LogP contribution in [-0.4, -0.2) is 9.91 Å². The summed E-state index contributed by atoms with van der Waals surface area (Å²) in [6.45, 7) is 6.28. The van der Waals surface area contributed by atoms with Crippen LogP contribution in [0.5, 0.6) is 11.6 Å². The first-order valence-electron chi connectivity index (χ1n) is 6.46. The van der Waals surface area contributed by atoms with E-state index in [9.17, 15) is 10.1 Å². The number of anilines is 1. The van der Waals surface area contributed by atoms with Gasteiger partial charge in [0.2, 0.25) is 5.88 Å². The van der Waals surface area contributed by atoms with E-state index >= 15 is 0 Å². The highest BCUT2D eigenvalue weighted by atomic mass is 16.6. The molecule has 0 bridgehead atoms. The first-order valence-corrected chi connectivity index (χ1v) is 6.46. The van der Waals surface area contributed by atoms with Crippen molar-refractivity contribution >= 4 is 11.5 Å². The molecule has 2 rings (SSSR count). The number of nitrogens with two attached hydrogens (primary N) is 1. The van der Waals surface area contributed by atoms with E-state index in [1.54, 1.807) is 6.07 Å². The predicted octanol–water partition coefficient (Wildman–Crippen LogP) is 3.66. The van der Waals surface area contributed by atoms with Crippen molar-refractivity contribution in [1.29, 1.82) is 0 Å². The summed E-state index contributed by atoms with van der Waals surface area (Å²) >= 11 is 0. The van der Waals surface area contributed by atoms with Gasteiger partial charge < -0.3 is 10.5 Å². The minimum absolute atomic E-state index is 0.0193. The quantitative estimate of drug-likeness (QED) is 0.687. The first-order chi connectivity index (χ1) is 9.75. The second-order valence-electron chi connectivity index (χ2n) is 5.73. The molecule has 0 spiro atoms.